The zero-order valence-electron chi connectivity index (χ0n) is 25.4. The molecule has 0 saturated heterocycles. The van der Waals surface area contributed by atoms with Crippen molar-refractivity contribution in [1.82, 2.24) is 0 Å². The quantitative estimate of drug-likeness (QED) is 0.0420. The first kappa shape index (κ1) is 36.3. The Balaban J connectivity index is 3.59. The molecule has 0 aromatic carbocycles. The molecule has 0 saturated carbocycles. The van der Waals surface area contributed by atoms with E-state index in [-0.39, 0.29) is 11.7 Å². The fourth-order valence-electron chi connectivity index (χ4n) is 4.60. The van der Waals surface area contributed by atoms with E-state index in [1.807, 2.05) is 0 Å². The second kappa shape index (κ2) is 31.5. The molecule has 1 unspecified atom stereocenters. The summed E-state index contributed by atoms with van der Waals surface area (Å²) in [4.78, 5) is 23.8. The highest BCUT2D eigenvalue weighted by atomic mass is 16.1. The SMILES string of the molecule is CCCCCC=CCC=CCCCCCCCC(=O)C(C=O)CCCCCC/C=C\C/C=C\CCCCC. The Bertz CT molecular complexity index is 625. The van der Waals surface area contributed by atoms with Crippen molar-refractivity contribution in [1.29, 1.82) is 0 Å². The Morgan fingerprint density at radius 2 is 0.895 bits per heavy atom. The third kappa shape index (κ3) is 27.3. The molecule has 218 valence electrons. The van der Waals surface area contributed by atoms with Gasteiger partial charge in [0.2, 0.25) is 0 Å². The number of Topliss-reactive ketones (excluding diaryl/α,β-unsaturated/α-hetero) is 1. The van der Waals surface area contributed by atoms with Gasteiger partial charge in [0.15, 0.2) is 0 Å². The zero-order chi connectivity index (χ0) is 27.8. The highest BCUT2D eigenvalue weighted by molar-refractivity contribution is 5.93. The number of carbonyl (C=O) groups is 2. The summed E-state index contributed by atoms with van der Waals surface area (Å²) in [5.41, 5.74) is 0. The molecule has 0 bridgehead atoms. The molecule has 1 atom stereocenters. The number of unbranched alkanes of at least 4 members (excludes halogenated alkanes) is 15. The molecular weight excluding hydrogens is 464 g/mol. The minimum absolute atomic E-state index is 0.163. The minimum Gasteiger partial charge on any atom is -0.303 e. The number of ketones is 1. The molecule has 0 N–H and O–H groups in total. The lowest BCUT2D eigenvalue weighted by atomic mass is 9.94. The Hall–Kier alpha value is -1.70. The molecule has 0 aromatic rings. The van der Waals surface area contributed by atoms with Crippen LogP contribution in [0.3, 0.4) is 0 Å². The average Bonchev–Trinajstić information content (AvgIpc) is 2.93. The Kier molecular flexibility index (Phi) is 30.1. The van der Waals surface area contributed by atoms with E-state index in [2.05, 4.69) is 62.5 Å². The van der Waals surface area contributed by atoms with Crippen molar-refractivity contribution in [2.75, 3.05) is 0 Å². The molecule has 0 aliphatic carbocycles. The molecule has 0 aliphatic rings. The van der Waals surface area contributed by atoms with Gasteiger partial charge < -0.3 is 4.79 Å². The summed E-state index contributed by atoms with van der Waals surface area (Å²) < 4.78 is 0. The lowest BCUT2D eigenvalue weighted by Gasteiger charge is -2.09. The van der Waals surface area contributed by atoms with Gasteiger partial charge in [0.05, 0.1) is 5.92 Å². The van der Waals surface area contributed by atoms with Gasteiger partial charge in [0.1, 0.15) is 12.1 Å². The molecule has 0 amide bonds. The van der Waals surface area contributed by atoms with E-state index in [1.165, 1.54) is 83.5 Å². The molecular formula is C36H62O2. The molecule has 0 fully saturated rings. The lowest BCUT2D eigenvalue weighted by molar-refractivity contribution is -0.127. The number of aldehydes is 1. The molecule has 0 spiro atoms. The molecule has 0 aromatic heterocycles. The summed E-state index contributed by atoms with van der Waals surface area (Å²) in [6, 6.07) is 0. The Labute approximate surface area is 237 Å². The van der Waals surface area contributed by atoms with E-state index < -0.39 is 0 Å². The zero-order valence-corrected chi connectivity index (χ0v) is 25.4. The van der Waals surface area contributed by atoms with Gasteiger partial charge in [0.25, 0.3) is 0 Å². The maximum atomic E-state index is 12.4. The highest BCUT2D eigenvalue weighted by Crippen LogP contribution is 2.15. The van der Waals surface area contributed by atoms with Gasteiger partial charge in [0, 0.05) is 6.42 Å². The summed E-state index contributed by atoms with van der Waals surface area (Å²) in [5, 5.41) is 0. The van der Waals surface area contributed by atoms with Crippen LogP contribution in [0, 0.1) is 5.92 Å². The largest absolute Gasteiger partial charge is 0.303 e. The van der Waals surface area contributed by atoms with Gasteiger partial charge in [-0.2, -0.15) is 0 Å². The van der Waals surface area contributed by atoms with Crippen molar-refractivity contribution < 1.29 is 9.59 Å². The fourth-order valence-corrected chi connectivity index (χ4v) is 4.60. The smallest absolute Gasteiger partial charge is 0.143 e. The predicted octanol–water partition coefficient (Wildman–Crippen LogP) is 11.6. The van der Waals surface area contributed by atoms with Crippen LogP contribution in [-0.2, 0) is 9.59 Å². The van der Waals surface area contributed by atoms with Crippen LogP contribution < -0.4 is 0 Å². The second-order valence-corrected chi connectivity index (χ2v) is 10.9. The standard InChI is InChI=1S/C36H62O2/c1-3-5-7-9-11-13-15-17-19-21-23-25-27-29-31-33-36(38)35(34-37)32-30-28-26-24-22-20-18-16-14-12-10-8-6-4-2/h11-14,17-20,34-35H,3-10,15-16,21-33H2,1-2H3/b13-11?,14-12-,19-17?,20-18-. The number of allylic oxidation sites excluding steroid dienone is 8. The van der Waals surface area contributed by atoms with Crippen LogP contribution in [0.5, 0.6) is 0 Å². The van der Waals surface area contributed by atoms with Crippen LogP contribution in [-0.4, -0.2) is 12.1 Å². The first-order valence-electron chi connectivity index (χ1n) is 16.3. The predicted molar refractivity (Wildman–Crippen MR) is 169 cm³/mol. The molecule has 0 aliphatic heterocycles. The van der Waals surface area contributed by atoms with E-state index in [4.69, 9.17) is 0 Å². The second-order valence-electron chi connectivity index (χ2n) is 10.9. The molecule has 0 heterocycles. The minimum atomic E-state index is -0.371. The van der Waals surface area contributed by atoms with Crippen molar-refractivity contribution in [2.24, 2.45) is 5.92 Å². The van der Waals surface area contributed by atoms with Crippen LogP contribution >= 0.6 is 0 Å². The van der Waals surface area contributed by atoms with Gasteiger partial charge in [-0.1, -0.05) is 127 Å². The molecule has 0 rings (SSSR count). The van der Waals surface area contributed by atoms with Crippen LogP contribution in [0.1, 0.15) is 162 Å². The summed E-state index contributed by atoms with van der Waals surface area (Å²) in [7, 11) is 0. The van der Waals surface area contributed by atoms with Crippen molar-refractivity contribution in [2.45, 2.75) is 162 Å². The van der Waals surface area contributed by atoms with Crippen LogP contribution in [0.15, 0.2) is 48.6 Å². The fraction of sp³-hybridized carbons (Fsp3) is 0.722. The molecule has 38 heavy (non-hydrogen) atoms. The maximum absolute atomic E-state index is 12.4. The monoisotopic (exact) mass is 526 g/mol. The third-order valence-electron chi connectivity index (χ3n) is 7.17. The van der Waals surface area contributed by atoms with Crippen molar-refractivity contribution >= 4 is 12.1 Å². The first-order chi connectivity index (χ1) is 18.8. The summed E-state index contributed by atoms with van der Waals surface area (Å²) in [6.07, 6.45) is 45.4. The first-order valence-corrected chi connectivity index (χ1v) is 16.3. The topological polar surface area (TPSA) is 34.1 Å². The summed E-state index contributed by atoms with van der Waals surface area (Å²) in [6.45, 7) is 4.49. The molecule has 0 radical (unpaired) electrons. The number of rotatable bonds is 29. The van der Waals surface area contributed by atoms with Crippen molar-refractivity contribution in [3.8, 4) is 0 Å². The molecule has 2 heteroatoms. The lowest BCUT2D eigenvalue weighted by Crippen LogP contribution is -2.15. The van der Waals surface area contributed by atoms with Gasteiger partial charge in [-0.15, -0.1) is 0 Å². The number of carbonyl (C=O) groups excluding carboxylic acids is 2. The highest BCUT2D eigenvalue weighted by Gasteiger charge is 2.16. The molecule has 2 nitrogen and oxygen atoms in total. The number of hydrogen-bond donors (Lipinski definition) is 0. The normalized spacial score (nSPS) is 13.0. The Morgan fingerprint density at radius 3 is 1.34 bits per heavy atom. The van der Waals surface area contributed by atoms with Gasteiger partial charge in [-0.25, -0.2) is 0 Å². The van der Waals surface area contributed by atoms with E-state index in [0.29, 0.717) is 6.42 Å². The van der Waals surface area contributed by atoms with Crippen molar-refractivity contribution in [3.05, 3.63) is 48.6 Å². The van der Waals surface area contributed by atoms with Crippen LogP contribution in [0.4, 0.5) is 0 Å². The van der Waals surface area contributed by atoms with E-state index in [1.54, 1.807) is 0 Å². The van der Waals surface area contributed by atoms with Crippen LogP contribution in [0.25, 0.3) is 0 Å². The average molecular weight is 527 g/mol. The summed E-state index contributed by atoms with van der Waals surface area (Å²) >= 11 is 0. The third-order valence-corrected chi connectivity index (χ3v) is 7.17. The van der Waals surface area contributed by atoms with Gasteiger partial charge in [-0.05, 0) is 77.0 Å². The van der Waals surface area contributed by atoms with Crippen LogP contribution in [0.2, 0.25) is 0 Å². The maximum Gasteiger partial charge on any atom is 0.143 e. The Morgan fingerprint density at radius 1 is 0.500 bits per heavy atom. The van der Waals surface area contributed by atoms with E-state index >= 15 is 0 Å². The van der Waals surface area contributed by atoms with Gasteiger partial charge in [-0.3, -0.25) is 4.79 Å². The number of hydrogen-bond acceptors (Lipinski definition) is 2. The van der Waals surface area contributed by atoms with E-state index in [9.17, 15) is 9.59 Å². The van der Waals surface area contributed by atoms with Crippen molar-refractivity contribution in [3.63, 3.8) is 0 Å². The van der Waals surface area contributed by atoms with E-state index in [0.717, 1.165) is 64.1 Å². The van der Waals surface area contributed by atoms with Gasteiger partial charge >= 0.3 is 0 Å². The summed E-state index contributed by atoms with van der Waals surface area (Å²) in [5.74, 6) is -0.207.